The lowest BCUT2D eigenvalue weighted by Gasteiger charge is -2.23. The predicted molar refractivity (Wildman–Crippen MR) is 83.8 cm³/mol. The maximum atomic E-state index is 14.8. The van der Waals surface area contributed by atoms with Gasteiger partial charge in [-0.15, -0.1) is 0 Å². The van der Waals surface area contributed by atoms with Crippen molar-refractivity contribution in [2.45, 2.75) is 31.4 Å². The van der Waals surface area contributed by atoms with Gasteiger partial charge in [0.05, 0.1) is 18.8 Å². The molecule has 4 rings (SSSR count). The molecule has 3 aliphatic heterocycles. The van der Waals surface area contributed by atoms with Gasteiger partial charge in [-0.05, 0) is 12.8 Å². The number of fused-ring (bicyclic) bond motifs is 3. The molecule has 8 heteroatoms. The summed E-state index contributed by atoms with van der Waals surface area (Å²) >= 11 is 0. The summed E-state index contributed by atoms with van der Waals surface area (Å²) in [6.07, 6.45) is 0.638. The number of cyclic esters (lactones) is 1. The van der Waals surface area contributed by atoms with E-state index in [1.165, 1.54) is 18.1 Å². The monoisotopic (exact) mass is 335 g/mol. The van der Waals surface area contributed by atoms with Crippen molar-refractivity contribution in [1.29, 1.82) is 0 Å². The lowest BCUT2D eigenvalue weighted by molar-refractivity contribution is -0.125. The van der Waals surface area contributed by atoms with E-state index < -0.39 is 30.0 Å². The summed E-state index contributed by atoms with van der Waals surface area (Å²) in [4.78, 5) is 26.9. The molecule has 0 saturated carbocycles. The van der Waals surface area contributed by atoms with Crippen LogP contribution in [0.15, 0.2) is 6.07 Å². The molecule has 24 heavy (non-hydrogen) atoms. The minimum atomic E-state index is -1.03. The quantitative estimate of drug-likeness (QED) is 0.896. The summed E-state index contributed by atoms with van der Waals surface area (Å²) in [7, 11) is 1.49. The average molecular weight is 335 g/mol. The van der Waals surface area contributed by atoms with Crippen molar-refractivity contribution in [3.63, 3.8) is 0 Å². The molecule has 0 radical (unpaired) electrons. The largest absolute Gasteiger partial charge is 0.494 e. The highest BCUT2D eigenvalue weighted by atomic mass is 19.1. The first-order chi connectivity index (χ1) is 11.5. The van der Waals surface area contributed by atoms with Gasteiger partial charge in [0.25, 0.3) is 5.91 Å². The number of anilines is 2. The van der Waals surface area contributed by atoms with E-state index in [9.17, 15) is 14.0 Å². The Morgan fingerprint density at radius 3 is 2.75 bits per heavy atom. The zero-order chi connectivity index (χ0) is 17.0. The number of amides is 2. The second kappa shape index (κ2) is 5.25. The lowest BCUT2D eigenvalue weighted by Crippen LogP contribution is -2.41. The van der Waals surface area contributed by atoms with Crippen LogP contribution in [-0.2, 0) is 16.0 Å². The molecule has 0 bridgehead atoms. The maximum absolute atomic E-state index is 14.8. The van der Waals surface area contributed by atoms with Gasteiger partial charge in [-0.1, -0.05) is 0 Å². The van der Waals surface area contributed by atoms with E-state index in [0.717, 1.165) is 25.9 Å². The molecule has 7 nitrogen and oxygen atoms in total. The third-order valence-electron chi connectivity index (χ3n) is 4.97. The van der Waals surface area contributed by atoms with Gasteiger partial charge < -0.3 is 20.1 Å². The Morgan fingerprint density at radius 1 is 1.42 bits per heavy atom. The number of primary amides is 1. The second-order valence-electron chi connectivity index (χ2n) is 6.28. The average Bonchev–Trinajstić information content (AvgIpc) is 3.23. The molecule has 0 unspecified atom stereocenters. The van der Waals surface area contributed by atoms with Crippen LogP contribution in [0.5, 0.6) is 5.75 Å². The third kappa shape index (κ3) is 1.95. The van der Waals surface area contributed by atoms with Gasteiger partial charge in [0.15, 0.2) is 11.6 Å². The molecular formula is C16H18FN3O4. The zero-order valence-electron chi connectivity index (χ0n) is 13.3. The smallest absolute Gasteiger partial charge is 0.415 e. The van der Waals surface area contributed by atoms with Crippen LogP contribution < -0.4 is 20.3 Å². The van der Waals surface area contributed by atoms with E-state index in [4.69, 9.17) is 15.2 Å². The summed E-state index contributed by atoms with van der Waals surface area (Å²) in [6, 6.07) is 0.781. The Balaban J connectivity index is 1.83. The van der Waals surface area contributed by atoms with Crippen molar-refractivity contribution in [3.05, 3.63) is 17.4 Å². The minimum Gasteiger partial charge on any atom is -0.494 e. The van der Waals surface area contributed by atoms with Gasteiger partial charge in [-0.25, -0.2) is 9.18 Å². The third-order valence-corrected chi connectivity index (χ3v) is 4.97. The fourth-order valence-corrected chi connectivity index (χ4v) is 3.96. The van der Waals surface area contributed by atoms with E-state index in [2.05, 4.69) is 0 Å². The van der Waals surface area contributed by atoms with E-state index in [-0.39, 0.29) is 0 Å². The highest BCUT2D eigenvalue weighted by molar-refractivity contribution is 5.99. The number of nitrogens with zero attached hydrogens (tertiary/aromatic N) is 2. The molecule has 2 fully saturated rings. The molecule has 2 N–H and O–H groups in total. The zero-order valence-corrected chi connectivity index (χ0v) is 13.3. The molecule has 3 aliphatic rings. The molecule has 3 heterocycles. The van der Waals surface area contributed by atoms with Crippen LogP contribution in [0.2, 0.25) is 0 Å². The molecule has 1 aromatic rings. The van der Waals surface area contributed by atoms with Crippen LogP contribution in [0.25, 0.3) is 0 Å². The van der Waals surface area contributed by atoms with Crippen LogP contribution in [-0.4, -0.2) is 44.3 Å². The summed E-state index contributed by atoms with van der Waals surface area (Å²) < 4.78 is 25.3. The van der Waals surface area contributed by atoms with Crippen molar-refractivity contribution >= 4 is 23.4 Å². The second-order valence-corrected chi connectivity index (χ2v) is 6.28. The van der Waals surface area contributed by atoms with Gasteiger partial charge in [-0.3, -0.25) is 9.69 Å². The van der Waals surface area contributed by atoms with Crippen LogP contribution in [0.4, 0.5) is 20.6 Å². The number of nitrogens with two attached hydrogens (primary N) is 1. The number of rotatable bonds is 3. The molecule has 0 aliphatic carbocycles. The van der Waals surface area contributed by atoms with E-state index >= 15 is 0 Å². The topological polar surface area (TPSA) is 85.1 Å². The van der Waals surface area contributed by atoms with Crippen molar-refractivity contribution < 1.29 is 23.5 Å². The fraction of sp³-hybridized carbons (Fsp3) is 0.500. The Kier molecular flexibility index (Phi) is 3.29. The SMILES string of the molecule is COc1c2c(cc(F)c1N1CCCC1)N1C(=O)O[C@@H](C(N)=O)[C@@H]1C2. The Labute approximate surface area is 138 Å². The summed E-state index contributed by atoms with van der Waals surface area (Å²) in [5.41, 5.74) is 6.86. The Hall–Kier alpha value is -2.51. The number of methoxy groups -OCH3 is 1. The number of halogens is 1. The predicted octanol–water partition coefficient (Wildman–Crippen LogP) is 1.17. The van der Waals surface area contributed by atoms with Crippen LogP contribution >= 0.6 is 0 Å². The van der Waals surface area contributed by atoms with Crippen LogP contribution in [0.3, 0.4) is 0 Å². The molecule has 2 amide bonds. The van der Waals surface area contributed by atoms with E-state index in [0.29, 0.717) is 29.1 Å². The summed E-state index contributed by atoms with van der Waals surface area (Å²) in [5, 5.41) is 0. The van der Waals surface area contributed by atoms with Crippen LogP contribution in [0.1, 0.15) is 18.4 Å². The standard InChI is InChI=1S/C16H18FN3O4/c1-23-13-8-6-11-14(15(18)21)24-16(22)20(11)10(8)7-9(17)12(13)19-4-2-3-5-19/h7,11,14H,2-6H2,1H3,(H2,18,21)/t11-,14+/m0/s1. The molecule has 2 saturated heterocycles. The minimum absolute atomic E-state index is 0.346. The van der Waals surface area contributed by atoms with Crippen LogP contribution in [0, 0.1) is 5.82 Å². The first-order valence-electron chi connectivity index (χ1n) is 7.96. The number of hydrogen-bond donors (Lipinski definition) is 1. The van der Waals surface area contributed by atoms with Crippen molar-refractivity contribution in [3.8, 4) is 5.75 Å². The normalized spacial score (nSPS) is 24.8. The number of carbonyl (C=O) groups is 2. The number of carbonyl (C=O) groups excluding carboxylic acids is 2. The summed E-state index contributed by atoms with van der Waals surface area (Å²) in [6.45, 7) is 1.54. The highest BCUT2D eigenvalue weighted by Gasteiger charge is 2.51. The molecule has 128 valence electrons. The molecule has 0 aromatic heterocycles. The number of ether oxygens (including phenoxy) is 2. The molecular weight excluding hydrogens is 317 g/mol. The molecule has 2 atom stereocenters. The Bertz CT molecular complexity index is 733. The van der Waals surface area contributed by atoms with Gasteiger partial charge >= 0.3 is 6.09 Å². The maximum Gasteiger partial charge on any atom is 0.415 e. The van der Waals surface area contributed by atoms with Crippen molar-refractivity contribution in [1.82, 2.24) is 0 Å². The number of hydrogen-bond acceptors (Lipinski definition) is 5. The van der Waals surface area contributed by atoms with Gasteiger partial charge in [0.2, 0.25) is 6.10 Å². The van der Waals surface area contributed by atoms with Gasteiger partial charge in [0.1, 0.15) is 5.69 Å². The van der Waals surface area contributed by atoms with Crippen molar-refractivity contribution in [2.24, 2.45) is 5.73 Å². The number of benzene rings is 1. The van der Waals surface area contributed by atoms with E-state index in [1.54, 1.807) is 0 Å². The first kappa shape index (κ1) is 15.0. The van der Waals surface area contributed by atoms with Gasteiger partial charge in [0, 0.05) is 31.1 Å². The van der Waals surface area contributed by atoms with Gasteiger partial charge in [-0.2, -0.15) is 0 Å². The highest BCUT2D eigenvalue weighted by Crippen LogP contribution is 2.48. The molecule has 0 spiro atoms. The first-order valence-corrected chi connectivity index (χ1v) is 7.96. The lowest BCUT2D eigenvalue weighted by atomic mass is 10.0. The van der Waals surface area contributed by atoms with E-state index in [1.807, 2.05) is 4.90 Å². The molecule has 1 aromatic carbocycles. The van der Waals surface area contributed by atoms with Crippen molar-refractivity contribution in [2.75, 3.05) is 30.0 Å². The summed E-state index contributed by atoms with van der Waals surface area (Å²) in [5.74, 6) is -0.719. The fourth-order valence-electron chi connectivity index (χ4n) is 3.96. The Morgan fingerprint density at radius 2 is 2.12 bits per heavy atom.